The Balaban J connectivity index is 1.93. The fourth-order valence-electron chi connectivity index (χ4n) is 2.52. The summed E-state index contributed by atoms with van der Waals surface area (Å²) in [6.45, 7) is 3.08. The molecule has 0 atom stereocenters. The summed E-state index contributed by atoms with van der Waals surface area (Å²) in [7, 11) is -1.21. The first kappa shape index (κ1) is 12.5. The van der Waals surface area contributed by atoms with E-state index in [4.69, 9.17) is 0 Å². The summed E-state index contributed by atoms with van der Waals surface area (Å²) < 4.78 is 22.7. The molecule has 0 aromatic heterocycles. The van der Waals surface area contributed by atoms with Gasteiger partial charge in [-0.3, -0.25) is 9.79 Å². The van der Waals surface area contributed by atoms with Crippen LogP contribution in [0.5, 0.6) is 0 Å². The van der Waals surface area contributed by atoms with Gasteiger partial charge in [0.25, 0.3) is 5.91 Å². The minimum Gasteiger partial charge on any atom is -0.336 e. The Morgan fingerprint density at radius 1 is 1.24 bits per heavy atom. The Bertz CT molecular complexity index is 445. The Labute approximate surface area is 102 Å². The number of rotatable bonds is 1. The molecular weight excluding hydrogens is 240 g/mol. The topological polar surface area (TPSA) is 66.8 Å². The molecule has 0 N–H and O–H groups in total. The summed E-state index contributed by atoms with van der Waals surface area (Å²) in [4.78, 5) is 17.4. The van der Waals surface area contributed by atoms with Crippen LogP contribution >= 0.6 is 0 Å². The molecule has 6 heteroatoms. The standard InChI is InChI=1S/C11H18N2O3S/c1-9(12-2)10(14)13-7-11(8-13)3-5-17(15,16)6-4-11/h3-8H2,1-2H3. The fourth-order valence-corrected chi connectivity index (χ4v) is 4.21. The Hall–Kier alpha value is -0.910. The molecule has 2 saturated heterocycles. The first-order valence-corrected chi connectivity index (χ1v) is 7.63. The molecule has 2 heterocycles. The number of amides is 1. The lowest BCUT2D eigenvalue weighted by Crippen LogP contribution is -2.61. The van der Waals surface area contributed by atoms with Crippen molar-refractivity contribution >= 4 is 21.5 Å². The minimum absolute atomic E-state index is 0.0217. The van der Waals surface area contributed by atoms with E-state index in [9.17, 15) is 13.2 Å². The van der Waals surface area contributed by atoms with Gasteiger partial charge in [0, 0.05) is 25.6 Å². The van der Waals surface area contributed by atoms with Crippen LogP contribution in [-0.2, 0) is 14.6 Å². The highest BCUT2D eigenvalue weighted by Gasteiger charge is 2.48. The molecule has 2 fully saturated rings. The summed E-state index contributed by atoms with van der Waals surface area (Å²) in [5.74, 6) is 0.526. The van der Waals surface area contributed by atoms with Crippen LogP contribution in [0.1, 0.15) is 19.8 Å². The van der Waals surface area contributed by atoms with Crippen molar-refractivity contribution in [3.63, 3.8) is 0 Å². The van der Waals surface area contributed by atoms with E-state index in [1.165, 1.54) is 0 Å². The van der Waals surface area contributed by atoms with E-state index in [0.29, 0.717) is 31.6 Å². The van der Waals surface area contributed by atoms with E-state index < -0.39 is 9.84 Å². The zero-order valence-electron chi connectivity index (χ0n) is 10.3. The van der Waals surface area contributed by atoms with Crippen LogP contribution < -0.4 is 0 Å². The summed E-state index contributed by atoms with van der Waals surface area (Å²) in [5.41, 5.74) is 0.581. The quantitative estimate of drug-likeness (QED) is 0.627. The maximum atomic E-state index is 11.8. The predicted octanol–water partition coefficient (Wildman–Crippen LogP) is 0.114. The number of sulfone groups is 1. The second-order valence-electron chi connectivity index (χ2n) is 5.12. The lowest BCUT2D eigenvalue weighted by atomic mass is 9.74. The highest BCUT2D eigenvalue weighted by atomic mass is 32.2. The van der Waals surface area contributed by atoms with Crippen molar-refractivity contribution in [1.29, 1.82) is 0 Å². The van der Waals surface area contributed by atoms with Gasteiger partial charge in [-0.25, -0.2) is 8.42 Å². The van der Waals surface area contributed by atoms with Gasteiger partial charge in [0.2, 0.25) is 0 Å². The normalized spacial score (nSPS) is 26.7. The molecule has 0 aliphatic carbocycles. The smallest absolute Gasteiger partial charge is 0.267 e. The number of aliphatic imine (C=N–C) groups is 1. The summed E-state index contributed by atoms with van der Waals surface area (Å²) >= 11 is 0. The van der Waals surface area contributed by atoms with Gasteiger partial charge in [0.1, 0.15) is 9.84 Å². The van der Waals surface area contributed by atoms with Crippen molar-refractivity contribution in [2.24, 2.45) is 10.4 Å². The van der Waals surface area contributed by atoms with Gasteiger partial charge in [-0.05, 0) is 19.8 Å². The van der Waals surface area contributed by atoms with Gasteiger partial charge < -0.3 is 4.90 Å². The summed E-state index contributed by atoms with van der Waals surface area (Å²) in [6, 6.07) is 0. The molecule has 5 nitrogen and oxygen atoms in total. The van der Waals surface area contributed by atoms with Gasteiger partial charge in [0.15, 0.2) is 0 Å². The number of likely N-dealkylation sites (tertiary alicyclic amines) is 1. The van der Waals surface area contributed by atoms with Crippen molar-refractivity contribution in [1.82, 2.24) is 4.90 Å². The largest absolute Gasteiger partial charge is 0.336 e. The second kappa shape index (κ2) is 4.08. The third kappa shape index (κ3) is 2.36. The Morgan fingerprint density at radius 3 is 2.24 bits per heavy atom. The second-order valence-corrected chi connectivity index (χ2v) is 7.43. The van der Waals surface area contributed by atoms with Crippen molar-refractivity contribution in [2.45, 2.75) is 19.8 Å². The maximum absolute atomic E-state index is 11.8. The first-order chi connectivity index (χ1) is 7.87. The van der Waals surface area contributed by atoms with E-state index in [-0.39, 0.29) is 22.8 Å². The van der Waals surface area contributed by atoms with Crippen LogP contribution in [0.4, 0.5) is 0 Å². The van der Waals surface area contributed by atoms with E-state index in [1.807, 2.05) is 0 Å². The van der Waals surface area contributed by atoms with Crippen molar-refractivity contribution in [3.8, 4) is 0 Å². The first-order valence-electron chi connectivity index (χ1n) is 5.81. The van der Waals surface area contributed by atoms with E-state index in [2.05, 4.69) is 4.99 Å². The van der Waals surface area contributed by atoms with Crippen LogP contribution in [0.3, 0.4) is 0 Å². The number of carbonyl (C=O) groups excluding carboxylic acids is 1. The highest BCUT2D eigenvalue weighted by molar-refractivity contribution is 7.91. The van der Waals surface area contributed by atoms with E-state index in [1.54, 1.807) is 18.9 Å². The molecule has 2 aliphatic heterocycles. The maximum Gasteiger partial charge on any atom is 0.267 e. The molecule has 0 radical (unpaired) electrons. The molecular formula is C11H18N2O3S. The van der Waals surface area contributed by atoms with Crippen molar-refractivity contribution < 1.29 is 13.2 Å². The summed E-state index contributed by atoms with van der Waals surface area (Å²) in [6.07, 6.45) is 1.39. The molecule has 17 heavy (non-hydrogen) atoms. The lowest BCUT2D eigenvalue weighted by Gasteiger charge is -2.52. The average molecular weight is 258 g/mol. The van der Waals surface area contributed by atoms with Crippen molar-refractivity contribution in [2.75, 3.05) is 31.6 Å². The molecule has 0 saturated carbocycles. The van der Waals surface area contributed by atoms with E-state index >= 15 is 0 Å². The van der Waals surface area contributed by atoms with Crippen LogP contribution in [-0.4, -0.2) is 56.6 Å². The summed E-state index contributed by atoms with van der Waals surface area (Å²) in [5, 5.41) is 0. The molecule has 2 rings (SSSR count). The van der Waals surface area contributed by atoms with Gasteiger partial charge in [0.05, 0.1) is 17.2 Å². The van der Waals surface area contributed by atoms with Crippen LogP contribution in [0, 0.1) is 5.41 Å². The van der Waals surface area contributed by atoms with Crippen LogP contribution in [0.2, 0.25) is 0 Å². The van der Waals surface area contributed by atoms with Crippen LogP contribution in [0.25, 0.3) is 0 Å². The number of hydrogen-bond acceptors (Lipinski definition) is 4. The zero-order chi connectivity index (χ0) is 12.7. The molecule has 1 spiro atoms. The molecule has 0 aromatic carbocycles. The van der Waals surface area contributed by atoms with Crippen LogP contribution in [0.15, 0.2) is 4.99 Å². The molecule has 0 aromatic rings. The van der Waals surface area contributed by atoms with E-state index in [0.717, 1.165) is 0 Å². The predicted molar refractivity (Wildman–Crippen MR) is 65.9 cm³/mol. The molecule has 0 bridgehead atoms. The third-order valence-electron chi connectivity index (χ3n) is 3.87. The van der Waals surface area contributed by atoms with Gasteiger partial charge >= 0.3 is 0 Å². The van der Waals surface area contributed by atoms with Gasteiger partial charge in [-0.1, -0.05) is 0 Å². The monoisotopic (exact) mass is 258 g/mol. The third-order valence-corrected chi connectivity index (χ3v) is 5.52. The average Bonchev–Trinajstić information content (AvgIpc) is 2.25. The minimum atomic E-state index is -2.82. The SMILES string of the molecule is CN=C(C)C(=O)N1CC2(CCS(=O)(=O)CC2)C1. The van der Waals surface area contributed by atoms with Gasteiger partial charge in [-0.2, -0.15) is 0 Å². The number of carbonyl (C=O) groups is 1. The Kier molecular flexibility index (Phi) is 3.01. The zero-order valence-corrected chi connectivity index (χ0v) is 11.1. The molecule has 2 aliphatic rings. The highest BCUT2D eigenvalue weighted by Crippen LogP contribution is 2.41. The van der Waals surface area contributed by atoms with Crippen molar-refractivity contribution in [3.05, 3.63) is 0 Å². The number of nitrogens with zero attached hydrogens (tertiary/aromatic N) is 2. The molecule has 96 valence electrons. The fraction of sp³-hybridized carbons (Fsp3) is 0.818. The lowest BCUT2D eigenvalue weighted by molar-refractivity contribution is -0.136. The molecule has 0 unspecified atom stereocenters. The Morgan fingerprint density at radius 2 is 1.76 bits per heavy atom. The van der Waals surface area contributed by atoms with Gasteiger partial charge in [-0.15, -0.1) is 0 Å². The number of hydrogen-bond donors (Lipinski definition) is 0. The molecule has 1 amide bonds.